The molecule has 0 heterocycles. The molecule has 11 heavy (non-hydrogen) atoms. The molecule has 0 heteroatoms. The maximum Gasteiger partial charge on any atom is -0.0389 e. The Hall–Kier alpha value is 0. The molecule has 1 atom stereocenters. The molecule has 0 spiro atoms. The second kappa shape index (κ2) is 6.69. The van der Waals surface area contributed by atoms with E-state index < -0.39 is 0 Å². The Morgan fingerprint density at radius 1 is 0.909 bits per heavy atom. The van der Waals surface area contributed by atoms with Gasteiger partial charge in [-0.25, -0.2) is 0 Å². The van der Waals surface area contributed by atoms with Crippen LogP contribution in [0, 0.1) is 11.8 Å². The van der Waals surface area contributed by atoms with E-state index in [0.29, 0.717) is 0 Å². The quantitative estimate of drug-likeness (QED) is 0.539. The molecular formula is C11H24. The molecule has 0 aliphatic heterocycles. The predicted octanol–water partition coefficient (Wildman–Crippen LogP) is 4.25. The van der Waals surface area contributed by atoms with Crippen molar-refractivity contribution < 1.29 is 0 Å². The van der Waals surface area contributed by atoms with Gasteiger partial charge in [0.25, 0.3) is 0 Å². The molecule has 0 aromatic heterocycles. The van der Waals surface area contributed by atoms with E-state index in [4.69, 9.17) is 0 Å². The Labute approximate surface area is 72.4 Å². The zero-order chi connectivity index (χ0) is 8.69. The zero-order valence-electron chi connectivity index (χ0n) is 8.69. The van der Waals surface area contributed by atoms with Crippen LogP contribution in [0.1, 0.15) is 59.8 Å². The van der Waals surface area contributed by atoms with Crippen LogP contribution < -0.4 is 0 Å². The van der Waals surface area contributed by atoms with E-state index >= 15 is 0 Å². The fraction of sp³-hybridized carbons (Fsp3) is 1.00. The highest BCUT2D eigenvalue weighted by molar-refractivity contribution is 4.64. The van der Waals surface area contributed by atoms with Crippen molar-refractivity contribution in [1.82, 2.24) is 0 Å². The lowest BCUT2D eigenvalue weighted by Gasteiger charge is -2.21. The summed E-state index contributed by atoms with van der Waals surface area (Å²) in [6.07, 6.45) is 6.93. The fourth-order valence-corrected chi connectivity index (χ4v) is 1.79. The SMILES string of the molecule is CCCC(CCC)C(C)CC. The number of hydrogen-bond donors (Lipinski definition) is 0. The third kappa shape index (κ3) is 4.44. The number of rotatable bonds is 6. The monoisotopic (exact) mass is 156 g/mol. The van der Waals surface area contributed by atoms with Gasteiger partial charge in [0, 0.05) is 0 Å². The van der Waals surface area contributed by atoms with E-state index in [-0.39, 0.29) is 0 Å². The topological polar surface area (TPSA) is 0 Å². The molecule has 0 aromatic carbocycles. The third-order valence-electron chi connectivity index (χ3n) is 2.77. The lowest BCUT2D eigenvalue weighted by atomic mass is 9.85. The van der Waals surface area contributed by atoms with Crippen molar-refractivity contribution in [3.8, 4) is 0 Å². The van der Waals surface area contributed by atoms with Crippen LogP contribution >= 0.6 is 0 Å². The van der Waals surface area contributed by atoms with Gasteiger partial charge in [-0.2, -0.15) is 0 Å². The summed E-state index contributed by atoms with van der Waals surface area (Å²) >= 11 is 0. The normalized spacial score (nSPS) is 13.9. The molecule has 0 radical (unpaired) electrons. The predicted molar refractivity (Wildman–Crippen MR) is 52.8 cm³/mol. The molecule has 0 rings (SSSR count). The van der Waals surface area contributed by atoms with E-state index in [2.05, 4.69) is 27.7 Å². The van der Waals surface area contributed by atoms with E-state index in [1.807, 2.05) is 0 Å². The summed E-state index contributed by atoms with van der Waals surface area (Å²) in [6.45, 7) is 9.30. The van der Waals surface area contributed by atoms with Gasteiger partial charge >= 0.3 is 0 Å². The van der Waals surface area contributed by atoms with Crippen LogP contribution in [0.5, 0.6) is 0 Å². The average Bonchev–Trinajstić information content (AvgIpc) is 2.03. The molecule has 0 aromatic rings. The molecule has 0 saturated carbocycles. The zero-order valence-corrected chi connectivity index (χ0v) is 8.69. The molecule has 1 unspecified atom stereocenters. The first kappa shape index (κ1) is 11.0. The van der Waals surface area contributed by atoms with Crippen molar-refractivity contribution in [3.63, 3.8) is 0 Å². The Kier molecular flexibility index (Phi) is 6.69. The van der Waals surface area contributed by atoms with Gasteiger partial charge in [-0.15, -0.1) is 0 Å². The molecular weight excluding hydrogens is 132 g/mol. The minimum Gasteiger partial charge on any atom is -0.0654 e. The van der Waals surface area contributed by atoms with Crippen LogP contribution in [-0.4, -0.2) is 0 Å². The van der Waals surface area contributed by atoms with Crippen LogP contribution in [0.25, 0.3) is 0 Å². The Bertz CT molecular complexity index is 70.1. The van der Waals surface area contributed by atoms with E-state index in [0.717, 1.165) is 11.8 Å². The van der Waals surface area contributed by atoms with Crippen LogP contribution in [-0.2, 0) is 0 Å². The third-order valence-corrected chi connectivity index (χ3v) is 2.77. The first-order valence-corrected chi connectivity index (χ1v) is 5.26. The molecule has 0 fully saturated rings. The van der Waals surface area contributed by atoms with E-state index in [9.17, 15) is 0 Å². The van der Waals surface area contributed by atoms with Crippen molar-refractivity contribution in [2.24, 2.45) is 11.8 Å². The Morgan fingerprint density at radius 2 is 1.36 bits per heavy atom. The van der Waals surface area contributed by atoms with E-state index in [1.165, 1.54) is 32.1 Å². The second-order valence-corrected chi connectivity index (χ2v) is 3.72. The molecule has 0 nitrogen and oxygen atoms in total. The van der Waals surface area contributed by atoms with Crippen molar-refractivity contribution in [2.45, 2.75) is 59.8 Å². The highest BCUT2D eigenvalue weighted by atomic mass is 14.2. The summed E-state index contributed by atoms with van der Waals surface area (Å²) in [7, 11) is 0. The molecule has 0 saturated heterocycles. The minimum atomic E-state index is 0.940. The van der Waals surface area contributed by atoms with Crippen LogP contribution in [0.15, 0.2) is 0 Å². The van der Waals surface area contributed by atoms with Gasteiger partial charge in [0.1, 0.15) is 0 Å². The van der Waals surface area contributed by atoms with Crippen molar-refractivity contribution in [2.75, 3.05) is 0 Å². The van der Waals surface area contributed by atoms with Crippen LogP contribution in [0.2, 0.25) is 0 Å². The summed E-state index contributed by atoms with van der Waals surface area (Å²) in [6, 6.07) is 0. The smallest absolute Gasteiger partial charge is 0.0389 e. The summed E-state index contributed by atoms with van der Waals surface area (Å²) in [5.74, 6) is 1.94. The van der Waals surface area contributed by atoms with Gasteiger partial charge in [0.2, 0.25) is 0 Å². The summed E-state index contributed by atoms with van der Waals surface area (Å²) < 4.78 is 0. The molecule has 0 aliphatic rings. The number of hydrogen-bond acceptors (Lipinski definition) is 0. The first-order valence-electron chi connectivity index (χ1n) is 5.26. The largest absolute Gasteiger partial charge is 0.0654 e. The Balaban J connectivity index is 3.66. The lowest BCUT2D eigenvalue weighted by molar-refractivity contribution is 0.302. The maximum atomic E-state index is 2.40. The van der Waals surface area contributed by atoms with Crippen molar-refractivity contribution in [3.05, 3.63) is 0 Å². The van der Waals surface area contributed by atoms with Gasteiger partial charge in [-0.1, -0.05) is 59.8 Å². The van der Waals surface area contributed by atoms with Crippen molar-refractivity contribution >= 4 is 0 Å². The Morgan fingerprint density at radius 3 is 1.64 bits per heavy atom. The fourth-order valence-electron chi connectivity index (χ4n) is 1.79. The summed E-state index contributed by atoms with van der Waals surface area (Å²) in [5, 5.41) is 0. The average molecular weight is 156 g/mol. The standard InChI is InChI=1S/C11H24/c1-5-8-11(9-6-2)10(4)7-3/h10-11H,5-9H2,1-4H3. The maximum absolute atomic E-state index is 2.40. The van der Waals surface area contributed by atoms with Gasteiger partial charge < -0.3 is 0 Å². The second-order valence-electron chi connectivity index (χ2n) is 3.72. The molecule has 0 aliphatic carbocycles. The van der Waals surface area contributed by atoms with E-state index in [1.54, 1.807) is 0 Å². The molecule has 0 N–H and O–H groups in total. The summed E-state index contributed by atoms with van der Waals surface area (Å²) in [5.41, 5.74) is 0. The van der Waals surface area contributed by atoms with Crippen molar-refractivity contribution in [1.29, 1.82) is 0 Å². The first-order chi connectivity index (χ1) is 5.26. The van der Waals surface area contributed by atoms with Gasteiger partial charge in [-0.3, -0.25) is 0 Å². The molecule has 0 bridgehead atoms. The van der Waals surface area contributed by atoms with Gasteiger partial charge in [0.15, 0.2) is 0 Å². The molecule has 0 amide bonds. The molecule has 68 valence electrons. The van der Waals surface area contributed by atoms with Gasteiger partial charge in [-0.05, 0) is 11.8 Å². The van der Waals surface area contributed by atoms with Gasteiger partial charge in [0.05, 0.1) is 0 Å². The minimum absolute atomic E-state index is 0.940. The van der Waals surface area contributed by atoms with Crippen LogP contribution in [0.3, 0.4) is 0 Å². The van der Waals surface area contributed by atoms with Crippen LogP contribution in [0.4, 0.5) is 0 Å². The highest BCUT2D eigenvalue weighted by Crippen LogP contribution is 2.24. The lowest BCUT2D eigenvalue weighted by Crippen LogP contribution is -2.10. The summed E-state index contributed by atoms with van der Waals surface area (Å²) in [4.78, 5) is 0. The highest BCUT2D eigenvalue weighted by Gasteiger charge is 2.12.